The van der Waals surface area contributed by atoms with E-state index in [1.54, 1.807) is 0 Å². The maximum atomic E-state index is 6.06. The van der Waals surface area contributed by atoms with Gasteiger partial charge < -0.3 is 9.64 Å². The summed E-state index contributed by atoms with van der Waals surface area (Å²) >= 11 is 0. The summed E-state index contributed by atoms with van der Waals surface area (Å²) in [6, 6.07) is 19.2. The zero-order valence-corrected chi connectivity index (χ0v) is 11.0. The second-order valence-electron chi connectivity index (χ2n) is 5.61. The van der Waals surface area contributed by atoms with Gasteiger partial charge in [0.05, 0.1) is 6.61 Å². The fraction of sp³-hybridized carbons (Fsp3) is 0.294. The van der Waals surface area contributed by atoms with Crippen molar-refractivity contribution in [3.8, 4) is 0 Å². The normalized spacial score (nSPS) is 28.3. The van der Waals surface area contributed by atoms with E-state index in [4.69, 9.17) is 4.74 Å². The molecule has 2 atom stereocenters. The van der Waals surface area contributed by atoms with Gasteiger partial charge in [0.2, 0.25) is 0 Å². The predicted octanol–water partition coefficient (Wildman–Crippen LogP) is 3.84. The molecule has 1 saturated heterocycles. The third-order valence-corrected chi connectivity index (χ3v) is 4.49. The van der Waals surface area contributed by atoms with Gasteiger partial charge in [0.25, 0.3) is 0 Å². The molecule has 0 aliphatic carbocycles. The molecule has 0 N–H and O–H groups in total. The van der Waals surface area contributed by atoms with E-state index in [1.165, 1.54) is 16.9 Å². The van der Waals surface area contributed by atoms with Gasteiger partial charge in [-0.2, -0.15) is 0 Å². The molecule has 2 heteroatoms. The zero-order chi connectivity index (χ0) is 12.9. The second kappa shape index (κ2) is 3.84. The molecule has 0 radical (unpaired) electrons. The van der Waals surface area contributed by atoms with Crippen LogP contribution in [0.3, 0.4) is 0 Å². The smallest absolute Gasteiger partial charge is 0.144 e. The molecule has 1 fully saturated rings. The van der Waals surface area contributed by atoms with Crippen LogP contribution in [0.25, 0.3) is 0 Å². The van der Waals surface area contributed by atoms with Crippen molar-refractivity contribution in [3.05, 3.63) is 60.2 Å². The lowest BCUT2D eigenvalue weighted by atomic mass is 9.82. The van der Waals surface area contributed by atoms with Gasteiger partial charge >= 0.3 is 0 Å². The molecule has 19 heavy (non-hydrogen) atoms. The van der Waals surface area contributed by atoms with Gasteiger partial charge in [-0.25, -0.2) is 0 Å². The number of para-hydroxylation sites is 2. The number of nitrogens with zero attached hydrogens (tertiary/aromatic N) is 1. The quantitative estimate of drug-likeness (QED) is 0.763. The van der Waals surface area contributed by atoms with Gasteiger partial charge in [-0.1, -0.05) is 43.3 Å². The number of rotatable bonds is 1. The first-order chi connectivity index (χ1) is 9.31. The second-order valence-corrected chi connectivity index (χ2v) is 5.61. The molecule has 0 bridgehead atoms. The van der Waals surface area contributed by atoms with E-state index in [1.807, 2.05) is 0 Å². The Morgan fingerprint density at radius 1 is 1.05 bits per heavy atom. The molecule has 0 spiro atoms. The maximum Gasteiger partial charge on any atom is 0.144 e. The van der Waals surface area contributed by atoms with Crippen LogP contribution in [0.5, 0.6) is 0 Å². The first-order valence-electron chi connectivity index (χ1n) is 6.86. The lowest BCUT2D eigenvalue weighted by molar-refractivity contribution is 0.0961. The van der Waals surface area contributed by atoms with Crippen LogP contribution in [0.15, 0.2) is 54.6 Å². The van der Waals surface area contributed by atoms with Crippen LogP contribution in [0.4, 0.5) is 11.4 Å². The van der Waals surface area contributed by atoms with Crippen LogP contribution in [0, 0.1) is 0 Å². The van der Waals surface area contributed by atoms with Crippen molar-refractivity contribution in [2.75, 3.05) is 11.5 Å². The average molecular weight is 251 g/mol. The van der Waals surface area contributed by atoms with E-state index < -0.39 is 0 Å². The molecular formula is C17H17NO. The van der Waals surface area contributed by atoms with E-state index in [0.717, 1.165) is 13.0 Å². The van der Waals surface area contributed by atoms with Crippen LogP contribution in [-0.2, 0) is 10.2 Å². The summed E-state index contributed by atoms with van der Waals surface area (Å²) in [5.74, 6) is 0. The van der Waals surface area contributed by atoms with Crippen molar-refractivity contribution in [1.82, 2.24) is 0 Å². The first kappa shape index (κ1) is 11.1. The molecule has 2 heterocycles. The topological polar surface area (TPSA) is 12.5 Å². The molecule has 2 aromatic carbocycles. The van der Waals surface area contributed by atoms with Gasteiger partial charge in [0.15, 0.2) is 0 Å². The minimum absolute atomic E-state index is 0.117. The number of benzene rings is 2. The molecule has 4 rings (SSSR count). The Morgan fingerprint density at radius 3 is 2.63 bits per heavy atom. The summed E-state index contributed by atoms with van der Waals surface area (Å²) in [5, 5.41) is 0. The highest BCUT2D eigenvalue weighted by Gasteiger charge is 2.52. The van der Waals surface area contributed by atoms with Crippen LogP contribution in [-0.4, -0.2) is 12.8 Å². The van der Waals surface area contributed by atoms with E-state index in [0.29, 0.717) is 0 Å². The molecule has 2 aromatic rings. The summed E-state index contributed by atoms with van der Waals surface area (Å²) in [5.41, 5.74) is 4.04. The molecule has 2 aliphatic rings. The number of fused-ring (bicyclic) bond motifs is 3. The van der Waals surface area contributed by atoms with Gasteiger partial charge in [0, 0.05) is 16.8 Å². The monoisotopic (exact) mass is 251 g/mol. The van der Waals surface area contributed by atoms with E-state index in [2.05, 4.69) is 66.4 Å². The number of ether oxygens (including phenoxy) is 1. The molecule has 2 nitrogen and oxygen atoms in total. The molecular weight excluding hydrogens is 234 g/mol. The highest BCUT2D eigenvalue weighted by molar-refractivity contribution is 5.73. The van der Waals surface area contributed by atoms with Gasteiger partial charge in [-0.15, -0.1) is 0 Å². The van der Waals surface area contributed by atoms with Crippen molar-refractivity contribution in [2.45, 2.75) is 25.0 Å². The summed E-state index contributed by atoms with van der Waals surface area (Å²) < 4.78 is 6.06. The minimum Gasteiger partial charge on any atom is -0.357 e. The number of hydrogen-bond donors (Lipinski definition) is 0. The summed E-state index contributed by atoms with van der Waals surface area (Å²) in [7, 11) is 0. The molecule has 0 amide bonds. The first-order valence-corrected chi connectivity index (χ1v) is 6.86. The van der Waals surface area contributed by atoms with E-state index in [-0.39, 0.29) is 11.6 Å². The van der Waals surface area contributed by atoms with Crippen molar-refractivity contribution >= 4 is 11.4 Å². The van der Waals surface area contributed by atoms with Crippen LogP contribution in [0.1, 0.15) is 18.9 Å². The third-order valence-electron chi connectivity index (χ3n) is 4.49. The highest BCUT2D eigenvalue weighted by Crippen LogP contribution is 2.53. The summed E-state index contributed by atoms with van der Waals surface area (Å²) in [6.45, 7) is 3.17. The Morgan fingerprint density at radius 2 is 1.79 bits per heavy atom. The van der Waals surface area contributed by atoms with Crippen LogP contribution >= 0.6 is 0 Å². The van der Waals surface area contributed by atoms with E-state index in [9.17, 15) is 0 Å². The average Bonchev–Trinajstić information content (AvgIpc) is 2.94. The third kappa shape index (κ3) is 1.41. The standard InChI is InChI=1S/C17H17NO/c1-17-11-12-19-16(17)18(13-7-3-2-4-8-13)15-10-6-5-9-14(15)17/h2-10,16H,11-12H2,1H3/t16-,17-/m1/s1. The van der Waals surface area contributed by atoms with Crippen molar-refractivity contribution < 1.29 is 4.74 Å². The lowest BCUT2D eigenvalue weighted by Crippen LogP contribution is -2.37. The van der Waals surface area contributed by atoms with Crippen molar-refractivity contribution in [2.24, 2.45) is 0 Å². The number of anilines is 2. The lowest BCUT2D eigenvalue weighted by Gasteiger charge is -2.29. The SMILES string of the molecule is C[C@]12CCO[C@H]1N(c1ccccc1)c1ccccc12. The van der Waals surface area contributed by atoms with Crippen molar-refractivity contribution in [1.29, 1.82) is 0 Å². The Labute approximate surface area is 113 Å². The maximum absolute atomic E-state index is 6.06. The Bertz CT molecular complexity index is 610. The summed E-state index contributed by atoms with van der Waals surface area (Å²) in [4.78, 5) is 2.35. The van der Waals surface area contributed by atoms with Crippen LogP contribution in [0.2, 0.25) is 0 Å². The zero-order valence-electron chi connectivity index (χ0n) is 11.0. The molecule has 0 unspecified atom stereocenters. The Balaban J connectivity index is 1.92. The Kier molecular flexibility index (Phi) is 2.24. The largest absolute Gasteiger partial charge is 0.357 e. The molecule has 96 valence electrons. The van der Waals surface area contributed by atoms with Gasteiger partial charge in [-0.3, -0.25) is 0 Å². The van der Waals surface area contributed by atoms with Crippen LogP contribution < -0.4 is 4.90 Å². The van der Waals surface area contributed by atoms with Crippen molar-refractivity contribution in [3.63, 3.8) is 0 Å². The molecule has 0 saturated carbocycles. The minimum atomic E-state index is 0.117. The fourth-order valence-corrected chi connectivity index (χ4v) is 3.47. The van der Waals surface area contributed by atoms with Gasteiger partial charge in [-0.05, 0) is 30.2 Å². The fourth-order valence-electron chi connectivity index (χ4n) is 3.47. The Hall–Kier alpha value is -1.80. The highest BCUT2D eigenvalue weighted by atomic mass is 16.5. The predicted molar refractivity (Wildman–Crippen MR) is 76.7 cm³/mol. The molecule has 0 aromatic heterocycles. The molecule has 2 aliphatic heterocycles. The number of hydrogen-bond acceptors (Lipinski definition) is 2. The van der Waals surface area contributed by atoms with Gasteiger partial charge in [0.1, 0.15) is 6.23 Å². The van der Waals surface area contributed by atoms with E-state index >= 15 is 0 Å². The summed E-state index contributed by atoms with van der Waals surface area (Å²) in [6.07, 6.45) is 1.23.